The molecule has 0 unspecified atom stereocenters. The molecule has 162 valence electrons. The molecule has 0 saturated heterocycles. The molecule has 1 N–H and O–H groups in total. The lowest BCUT2D eigenvalue weighted by molar-refractivity contribution is -0.140. The SMILES string of the molecule is C[C@@H](C(=O)NC(C)(C)C)N(Cc1ccc(Cl)cc1)C(=O)CCSc1ccc(Cl)cc1. The van der Waals surface area contributed by atoms with Gasteiger partial charge in [0.15, 0.2) is 0 Å². The van der Waals surface area contributed by atoms with Crippen molar-refractivity contribution >= 4 is 46.8 Å². The van der Waals surface area contributed by atoms with Crippen LogP contribution in [0.15, 0.2) is 53.4 Å². The summed E-state index contributed by atoms with van der Waals surface area (Å²) in [6, 6.07) is 14.3. The van der Waals surface area contributed by atoms with E-state index in [2.05, 4.69) is 5.32 Å². The fourth-order valence-electron chi connectivity index (χ4n) is 2.77. The Morgan fingerprint density at radius 3 is 2.07 bits per heavy atom. The van der Waals surface area contributed by atoms with Gasteiger partial charge in [-0.3, -0.25) is 9.59 Å². The predicted molar refractivity (Wildman–Crippen MR) is 126 cm³/mol. The van der Waals surface area contributed by atoms with Gasteiger partial charge < -0.3 is 10.2 Å². The Morgan fingerprint density at radius 1 is 1.00 bits per heavy atom. The molecule has 2 amide bonds. The van der Waals surface area contributed by atoms with Gasteiger partial charge in [-0.15, -0.1) is 11.8 Å². The monoisotopic (exact) mass is 466 g/mol. The zero-order valence-corrected chi connectivity index (χ0v) is 20.1. The van der Waals surface area contributed by atoms with Gasteiger partial charge in [0.1, 0.15) is 6.04 Å². The number of carbonyl (C=O) groups excluding carboxylic acids is 2. The van der Waals surface area contributed by atoms with Crippen LogP contribution in [0.2, 0.25) is 10.0 Å². The number of thioether (sulfide) groups is 1. The van der Waals surface area contributed by atoms with Crippen LogP contribution in [0.4, 0.5) is 0 Å². The lowest BCUT2D eigenvalue weighted by Gasteiger charge is -2.31. The van der Waals surface area contributed by atoms with Crippen molar-refractivity contribution in [2.75, 3.05) is 5.75 Å². The first-order valence-electron chi connectivity index (χ1n) is 9.79. The molecule has 0 fully saturated rings. The van der Waals surface area contributed by atoms with Crippen LogP contribution in [-0.4, -0.2) is 34.0 Å². The van der Waals surface area contributed by atoms with Gasteiger partial charge in [-0.1, -0.05) is 35.3 Å². The Morgan fingerprint density at radius 2 is 1.53 bits per heavy atom. The van der Waals surface area contributed by atoms with E-state index in [4.69, 9.17) is 23.2 Å². The van der Waals surface area contributed by atoms with E-state index < -0.39 is 6.04 Å². The molecule has 1 atom stereocenters. The quantitative estimate of drug-likeness (QED) is 0.499. The van der Waals surface area contributed by atoms with Crippen molar-refractivity contribution in [1.82, 2.24) is 10.2 Å². The van der Waals surface area contributed by atoms with Gasteiger partial charge >= 0.3 is 0 Å². The van der Waals surface area contributed by atoms with Crippen LogP contribution < -0.4 is 5.32 Å². The van der Waals surface area contributed by atoms with Crippen molar-refractivity contribution in [3.63, 3.8) is 0 Å². The third kappa shape index (κ3) is 8.21. The topological polar surface area (TPSA) is 49.4 Å². The van der Waals surface area contributed by atoms with E-state index in [1.54, 1.807) is 35.7 Å². The summed E-state index contributed by atoms with van der Waals surface area (Å²) in [5, 5.41) is 4.28. The zero-order chi connectivity index (χ0) is 22.3. The van der Waals surface area contributed by atoms with E-state index in [-0.39, 0.29) is 17.4 Å². The average Bonchev–Trinajstić information content (AvgIpc) is 2.67. The highest BCUT2D eigenvalue weighted by Crippen LogP contribution is 2.22. The first-order chi connectivity index (χ1) is 14.0. The number of hydrogen-bond acceptors (Lipinski definition) is 3. The fraction of sp³-hybridized carbons (Fsp3) is 0.391. The molecule has 0 radical (unpaired) electrons. The summed E-state index contributed by atoms with van der Waals surface area (Å²) >= 11 is 13.5. The van der Waals surface area contributed by atoms with Crippen molar-refractivity contribution in [1.29, 1.82) is 0 Å². The largest absolute Gasteiger partial charge is 0.350 e. The van der Waals surface area contributed by atoms with Crippen molar-refractivity contribution in [3.05, 3.63) is 64.1 Å². The van der Waals surface area contributed by atoms with Crippen LogP contribution in [-0.2, 0) is 16.1 Å². The number of benzene rings is 2. The third-order valence-electron chi connectivity index (χ3n) is 4.33. The molecule has 2 aromatic rings. The van der Waals surface area contributed by atoms with Crippen molar-refractivity contribution in [2.24, 2.45) is 0 Å². The summed E-state index contributed by atoms with van der Waals surface area (Å²) < 4.78 is 0. The van der Waals surface area contributed by atoms with E-state index in [9.17, 15) is 9.59 Å². The molecule has 2 aromatic carbocycles. The first kappa shape index (κ1) is 24.6. The first-order valence-corrected chi connectivity index (χ1v) is 11.5. The molecule has 0 spiro atoms. The number of amides is 2. The number of halogens is 2. The Labute approximate surface area is 193 Å². The summed E-state index contributed by atoms with van der Waals surface area (Å²) in [6.45, 7) is 7.88. The predicted octanol–water partition coefficient (Wildman–Crippen LogP) is 5.81. The lowest BCUT2D eigenvalue weighted by atomic mass is 10.1. The molecule has 0 aliphatic carbocycles. The Hall–Kier alpha value is -1.69. The van der Waals surface area contributed by atoms with E-state index in [1.165, 1.54) is 0 Å². The van der Waals surface area contributed by atoms with Gasteiger partial charge in [-0.05, 0) is 69.7 Å². The van der Waals surface area contributed by atoms with E-state index in [0.29, 0.717) is 28.8 Å². The molecule has 30 heavy (non-hydrogen) atoms. The van der Waals surface area contributed by atoms with Gasteiger partial charge in [0, 0.05) is 39.2 Å². The van der Waals surface area contributed by atoms with Crippen LogP contribution in [0.5, 0.6) is 0 Å². The van der Waals surface area contributed by atoms with Gasteiger partial charge in [0.05, 0.1) is 0 Å². The molecule has 0 heterocycles. The van der Waals surface area contributed by atoms with Crippen LogP contribution in [0.1, 0.15) is 39.7 Å². The minimum atomic E-state index is -0.590. The minimum Gasteiger partial charge on any atom is -0.350 e. The minimum absolute atomic E-state index is 0.0667. The Kier molecular flexibility index (Phi) is 9.08. The second-order valence-corrected chi connectivity index (χ2v) is 10.2. The van der Waals surface area contributed by atoms with Crippen LogP contribution >= 0.6 is 35.0 Å². The highest BCUT2D eigenvalue weighted by molar-refractivity contribution is 7.99. The lowest BCUT2D eigenvalue weighted by Crippen LogP contribution is -2.52. The van der Waals surface area contributed by atoms with Crippen molar-refractivity contribution in [3.8, 4) is 0 Å². The van der Waals surface area contributed by atoms with Gasteiger partial charge in [-0.25, -0.2) is 0 Å². The van der Waals surface area contributed by atoms with Crippen LogP contribution in [0.3, 0.4) is 0 Å². The Balaban J connectivity index is 2.08. The number of rotatable bonds is 8. The molecule has 2 rings (SSSR count). The molecule has 4 nitrogen and oxygen atoms in total. The molecule has 0 aliphatic heterocycles. The summed E-state index contributed by atoms with van der Waals surface area (Å²) in [4.78, 5) is 28.5. The summed E-state index contributed by atoms with van der Waals surface area (Å²) in [5.74, 6) is 0.378. The number of carbonyl (C=O) groups is 2. The summed E-state index contributed by atoms with van der Waals surface area (Å²) in [6.07, 6.45) is 0.327. The maximum atomic E-state index is 13.1. The maximum absolute atomic E-state index is 13.1. The second-order valence-electron chi connectivity index (χ2n) is 8.12. The number of nitrogens with zero attached hydrogens (tertiary/aromatic N) is 1. The van der Waals surface area contributed by atoms with Gasteiger partial charge in [-0.2, -0.15) is 0 Å². The highest BCUT2D eigenvalue weighted by Gasteiger charge is 2.28. The Bertz CT molecular complexity index is 849. The van der Waals surface area contributed by atoms with Gasteiger partial charge in [0.2, 0.25) is 11.8 Å². The molecule has 0 aliphatic rings. The average molecular weight is 467 g/mol. The normalized spacial score (nSPS) is 12.3. The molecule has 0 saturated carbocycles. The van der Waals surface area contributed by atoms with E-state index in [0.717, 1.165) is 10.5 Å². The van der Waals surface area contributed by atoms with Gasteiger partial charge in [0.25, 0.3) is 0 Å². The smallest absolute Gasteiger partial charge is 0.242 e. The van der Waals surface area contributed by atoms with Crippen LogP contribution in [0.25, 0.3) is 0 Å². The van der Waals surface area contributed by atoms with Crippen LogP contribution in [0, 0.1) is 0 Å². The highest BCUT2D eigenvalue weighted by atomic mass is 35.5. The molecule has 7 heteroatoms. The van der Waals surface area contributed by atoms with Crippen molar-refractivity contribution in [2.45, 2.75) is 57.1 Å². The number of hydrogen-bond donors (Lipinski definition) is 1. The molecule has 0 aromatic heterocycles. The standard InChI is InChI=1S/C23H28Cl2N2O2S/c1-16(22(29)26-23(2,3)4)27(15-17-5-7-18(24)8-6-17)21(28)13-14-30-20-11-9-19(25)10-12-20/h5-12,16H,13-15H2,1-4H3,(H,26,29)/t16-/m0/s1. The fourth-order valence-corrected chi connectivity index (χ4v) is 3.87. The molecular formula is C23H28Cl2N2O2S. The third-order valence-corrected chi connectivity index (χ3v) is 5.85. The van der Waals surface area contributed by atoms with E-state index >= 15 is 0 Å². The summed E-state index contributed by atoms with van der Waals surface area (Å²) in [7, 11) is 0. The maximum Gasteiger partial charge on any atom is 0.242 e. The molecule has 0 bridgehead atoms. The van der Waals surface area contributed by atoms with Crippen molar-refractivity contribution < 1.29 is 9.59 Å². The second kappa shape index (κ2) is 11.1. The number of nitrogens with one attached hydrogen (secondary N) is 1. The van der Waals surface area contributed by atoms with E-state index in [1.807, 2.05) is 57.2 Å². The zero-order valence-electron chi connectivity index (χ0n) is 17.7. The summed E-state index contributed by atoms with van der Waals surface area (Å²) in [5.41, 5.74) is 0.554. The molecular weight excluding hydrogens is 439 g/mol.